The number of hydrogen-bond donors (Lipinski definition) is 1. The summed E-state index contributed by atoms with van der Waals surface area (Å²) in [5, 5.41) is 4.13. The molecule has 4 heterocycles. The Morgan fingerprint density at radius 2 is 1.76 bits per heavy atom. The second-order valence-corrected chi connectivity index (χ2v) is 9.34. The average Bonchev–Trinajstić information content (AvgIpc) is 3.58. The van der Waals surface area contributed by atoms with E-state index in [1.165, 1.54) is 23.7 Å². The zero-order valence-corrected chi connectivity index (χ0v) is 20.6. The molecule has 11 heteroatoms. The first-order valence-corrected chi connectivity index (χ1v) is 12.7. The van der Waals surface area contributed by atoms with Gasteiger partial charge in [-0.25, -0.2) is 9.37 Å². The van der Waals surface area contributed by atoms with Gasteiger partial charge in [-0.2, -0.15) is 9.36 Å². The van der Waals surface area contributed by atoms with Crippen LogP contribution in [0.15, 0.2) is 73.2 Å². The minimum atomic E-state index is -0.317. The van der Waals surface area contributed by atoms with Crippen LogP contribution in [0.3, 0.4) is 0 Å². The van der Waals surface area contributed by atoms with Crippen molar-refractivity contribution in [3.8, 4) is 22.6 Å². The lowest BCUT2D eigenvalue weighted by atomic mass is 10.1. The number of carbonyl (C=O) groups excluding carboxylic acids is 1. The quantitative estimate of drug-likeness (QED) is 0.368. The van der Waals surface area contributed by atoms with Gasteiger partial charge in [0.15, 0.2) is 11.5 Å². The molecule has 3 aromatic heterocycles. The molecule has 0 radical (unpaired) electrons. The summed E-state index contributed by atoms with van der Waals surface area (Å²) in [7, 11) is 0. The second-order valence-electron chi connectivity index (χ2n) is 8.61. The van der Waals surface area contributed by atoms with Crippen molar-refractivity contribution >= 4 is 34.0 Å². The van der Waals surface area contributed by atoms with Gasteiger partial charge in [0.05, 0.1) is 12.7 Å². The number of rotatable bonds is 6. The van der Waals surface area contributed by atoms with Gasteiger partial charge in [-0.1, -0.05) is 30.3 Å². The highest BCUT2D eigenvalue weighted by Crippen LogP contribution is 2.29. The van der Waals surface area contributed by atoms with Crippen LogP contribution in [-0.4, -0.2) is 67.3 Å². The molecule has 1 aliphatic rings. The van der Waals surface area contributed by atoms with E-state index >= 15 is 0 Å². The van der Waals surface area contributed by atoms with Gasteiger partial charge in [-0.15, -0.1) is 0 Å². The molecule has 0 unspecified atom stereocenters. The standard InChI is InChI=1S/C26H23FN8OS/c27-20-8-6-18(7-9-20)23-25(35-11-10-28-16-21(35)30-23)29-17-22(36)33-12-14-34(15-13-33)26-31-24(32-37-26)19-4-2-1-3-5-19/h1-11,16,29H,12-15,17H2. The van der Waals surface area contributed by atoms with Crippen molar-refractivity contribution in [1.29, 1.82) is 0 Å². The van der Waals surface area contributed by atoms with E-state index in [9.17, 15) is 9.18 Å². The van der Waals surface area contributed by atoms with Crippen molar-refractivity contribution in [2.45, 2.75) is 0 Å². The maximum absolute atomic E-state index is 13.5. The molecular formula is C26H23FN8OS. The van der Waals surface area contributed by atoms with Crippen LogP contribution in [0, 0.1) is 5.82 Å². The summed E-state index contributed by atoms with van der Waals surface area (Å²) in [6, 6.07) is 16.1. The van der Waals surface area contributed by atoms with Crippen LogP contribution >= 0.6 is 11.5 Å². The number of halogens is 1. The molecule has 0 saturated carbocycles. The Bertz CT molecular complexity index is 1530. The third kappa shape index (κ3) is 4.73. The van der Waals surface area contributed by atoms with E-state index in [2.05, 4.69) is 24.6 Å². The summed E-state index contributed by atoms with van der Waals surface area (Å²) in [5.74, 6) is 1.07. The molecule has 37 heavy (non-hydrogen) atoms. The number of nitrogens with zero attached hydrogens (tertiary/aromatic N) is 7. The second kappa shape index (κ2) is 9.94. The number of amides is 1. The highest BCUT2D eigenvalue weighted by atomic mass is 32.1. The lowest BCUT2D eigenvalue weighted by Gasteiger charge is -2.34. The van der Waals surface area contributed by atoms with E-state index in [0.29, 0.717) is 43.3 Å². The first kappa shape index (κ1) is 23.0. The number of piperazine rings is 1. The summed E-state index contributed by atoms with van der Waals surface area (Å²) < 4.78 is 19.8. The van der Waals surface area contributed by atoms with Crippen molar-refractivity contribution in [2.24, 2.45) is 0 Å². The number of imidazole rings is 1. The largest absolute Gasteiger partial charge is 0.360 e. The van der Waals surface area contributed by atoms with Gasteiger partial charge < -0.3 is 15.1 Å². The zero-order valence-electron chi connectivity index (χ0n) is 19.8. The van der Waals surface area contributed by atoms with Gasteiger partial charge in [-0.3, -0.25) is 14.2 Å². The van der Waals surface area contributed by atoms with E-state index in [0.717, 1.165) is 22.1 Å². The predicted molar refractivity (Wildman–Crippen MR) is 141 cm³/mol. The van der Waals surface area contributed by atoms with Crippen molar-refractivity contribution < 1.29 is 9.18 Å². The molecule has 5 aromatic rings. The van der Waals surface area contributed by atoms with Crippen molar-refractivity contribution in [1.82, 2.24) is 28.6 Å². The average molecular weight is 515 g/mol. The molecule has 1 N–H and O–H groups in total. The SMILES string of the molecule is O=C(CNc1c(-c2ccc(F)cc2)nc2cnccn12)N1CCN(c2nc(-c3ccccc3)ns2)CC1. The first-order chi connectivity index (χ1) is 18.2. The van der Waals surface area contributed by atoms with Crippen molar-refractivity contribution in [3.63, 3.8) is 0 Å². The fraction of sp³-hybridized carbons (Fsp3) is 0.192. The van der Waals surface area contributed by atoms with E-state index in [-0.39, 0.29) is 18.3 Å². The van der Waals surface area contributed by atoms with Gasteiger partial charge in [0.2, 0.25) is 11.0 Å². The monoisotopic (exact) mass is 514 g/mol. The van der Waals surface area contributed by atoms with E-state index < -0.39 is 0 Å². The normalized spacial score (nSPS) is 13.8. The first-order valence-electron chi connectivity index (χ1n) is 11.9. The number of nitrogens with one attached hydrogen (secondary N) is 1. The fourth-order valence-electron chi connectivity index (χ4n) is 4.35. The summed E-state index contributed by atoms with van der Waals surface area (Å²) in [5.41, 5.74) is 3.02. The Morgan fingerprint density at radius 1 is 0.973 bits per heavy atom. The van der Waals surface area contributed by atoms with Gasteiger partial charge in [0, 0.05) is 61.2 Å². The predicted octanol–water partition coefficient (Wildman–Crippen LogP) is 3.81. The van der Waals surface area contributed by atoms with Gasteiger partial charge >= 0.3 is 0 Å². The van der Waals surface area contributed by atoms with Gasteiger partial charge in [0.25, 0.3) is 0 Å². The number of fused-ring (bicyclic) bond motifs is 1. The van der Waals surface area contributed by atoms with Crippen LogP contribution in [0.25, 0.3) is 28.3 Å². The summed E-state index contributed by atoms with van der Waals surface area (Å²) in [6.07, 6.45) is 5.09. The highest BCUT2D eigenvalue weighted by molar-refractivity contribution is 7.09. The van der Waals surface area contributed by atoms with Crippen LogP contribution in [0.1, 0.15) is 0 Å². The third-order valence-corrected chi connectivity index (χ3v) is 7.08. The summed E-state index contributed by atoms with van der Waals surface area (Å²) in [6.45, 7) is 2.70. The molecule has 1 amide bonds. The minimum absolute atomic E-state index is 0.00375. The van der Waals surface area contributed by atoms with Gasteiger partial charge in [0.1, 0.15) is 17.3 Å². The Labute approximate surface area is 216 Å². The van der Waals surface area contributed by atoms with Crippen LogP contribution in [0.2, 0.25) is 0 Å². The molecule has 186 valence electrons. The molecule has 1 fully saturated rings. The lowest BCUT2D eigenvalue weighted by molar-refractivity contribution is -0.129. The molecule has 9 nitrogen and oxygen atoms in total. The van der Waals surface area contributed by atoms with Crippen LogP contribution in [-0.2, 0) is 4.79 Å². The van der Waals surface area contributed by atoms with Crippen LogP contribution in [0.5, 0.6) is 0 Å². The van der Waals surface area contributed by atoms with Crippen LogP contribution in [0.4, 0.5) is 15.3 Å². The number of carbonyl (C=O) groups is 1. The summed E-state index contributed by atoms with van der Waals surface area (Å²) in [4.78, 5) is 30.6. The topological polar surface area (TPSA) is 91.6 Å². The zero-order chi connectivity index (χ0) is 25.2. The van der Waals surface area contributed by atoms with Crippen molar-refractivity contribution in [3.05, 3.63) is 79.0 Å². The molecule has 0 atom stereocenters. The molecule has 1 aliphatic heterocycles. The lowest BCUT2D eigenvalue weighted by Crippen LogP contribution is -2.50. The number of anilines is 2. The fourth-order valence-corrected chi connectivity index (χ4v) is 5.09. The van der Waals surface area contributed by atoms with E-state index in [4.69, 9.17) is 4.98 Å². The Morgan fingerprint density at radius 3 is 2.54 bits per heavy atom. The minimum Gasteiger partial charge on any atom is -0.360 e. The molecular weight excluding hydrogens is 491 g/mol. The molecule has 2 aromatic carbocycles. The maximum Gasteiger partial charge on any atom is 0.242 e. The smallest absolute Gasteiger partial charge is 0.242 e. The highest BCUT2D eigenvalue weighted by Gasteiger charge is 2.24. The molecule has 0 bridgehead atoms. The Balaban J connectivity index is 1.11. The number of benzene rings is 2. The summed E-state index contributed by atoms with van der Waals surface area (Å²) >= 11 is 1.38. The molecule has 1 saturated heterocycles. The third-order valence-electron chi connectivity index (χ3n) is 6.31. The number of hydrogen-bond acceptors (Lipinski definition) is 8. The van der Waals surface area contributed by atoms with Gasteiger partial charge in [-0.05, 0) is 24.3 Å². The van der Waals surface area contributed by atoms with E-state index in [1.54, 1.807) is 30.7 Å². The van der Waals surface area contributed by atoms with Crippen molar-refractivity contribution in [2.75, 3.05) is 42.9 Å². The Hall–Kier alpha value is -4.38. The molecule has 0 spiro atoms. The Kier molecular flexibility index (Phi) is 6.19. The molecule has 0 aliphatic carbocycles. The van der Waals surface area contributed by atoms with E-state index in [1.807, 2.05) is 39.6 Å². The number of aromatic nitrogens is 5. The maximum atomic E-state index is 13.5. The molecule has 6 rings (SSSR count). The van der Waals surface area contributed by atoms with Crippen LogP contribution < -0.4 is 10.2 Å².